The van der Waals surface area contributed by atoms with Crippen LogP contribution >= 0.6 is 11.6 Å². The predicted molar refractivity (Wildman–Crippen MR) is 236 cm³/mol. The molecule has 3 heterocycles. The van der Waals surface area contributed by atoms with Crippen molar-refractivity contribution in [1.82, 2.24) is 19.9 Å². The first-order valence-corrected chi connectivity index (χ1v) is 21.1. The van der Waals surface area contributed by atoms with Crippen LogP contribution in [-0.4, -0.2) is 80.5 Å². The molecular weight excluding hydrogens is 842 g/mol. The number of hydrogen-bond acceptors (Lipinski definition) is 11. The SMILES string of the molecule is C#Cc1cccc(Nc2ncnc3cc(OCCOC)c(OCCOC)cc23)c1.CCCS(=O)(=O)Nc1ccc(F)c(C(=O)c2c[nH]c3ncc(-c4ccc(Cl)cc4)cc23)c1F. The van der Waals surface area contributed by atoms with E-state index in [1.807, 2.05) is 36.4 Å². The van der Waals surface area contributed by atoms with Crippen molar-refractivity contribution in [2.45, 2.75) is 13.3 Å². The number of rotatable bonds is 17. The molecule has 4 aromatic carbocycles. The summed E-state index contributed by atoms with van der Waals surface area (Å²) < 4.78 is 77.6. The molecule has 7 aromatic rings. The molecule has 0 aliphatic carbocycles. The van der Waals surface area contributed by atoms with Gasteiger partial charge in [0.25, 0.3) is 0 Å². The summed E-state index contributed by atoms with van der Waals surface area (Å²) in [7, 11) is -0.590. The number of carbonyl (C=O) groups is 1. The summed E-state index contributed by atoms with van der Waals surface area (Å²) in [4.78, 5) is 29.0. The zero-order chi connectivity index (χ0) is 44.2. The topological polar surface area (TPSA) is 167 Å². The van der Waals surface area contributed by atoms with Gasteiger partial charge in [0.15, 0.2) is 17.3 Å². The third kappa shape index (κ3) is 11.0. The summed E-state index contributed by atoms with van der Waals surface area (Å²) in [5.41, 5.74) is 2.82. The van der Waals surface area contributed by atoms with Gasteiger partial charge in [-0.1, -0.05) is 42.6 Å². The van der Waals surface area contributed by atoms with Gasteiger partial charge in [-0.2, -0.15) is 0 Å². The monoisotopic (exact) mass is 882 g/mol. The van der Waals surface area contributed by atoms with Gasteiger partial charge in [-0.05, 0) is 66.6 Å². The quantitative estimate of drug-likeness (QED) is 0.0454. The third-order valence-corrected chi connectivity index (χ3v) is 10.8. The summed E-state index contributed by atoms with van der Waals surface area (Å²) in [6.07, 6.45) is 10.2. The van der Waals surface area contributed by atoms with E-state index in [4.69, 9.17) is 37.0 Å². The Kier molecular flexibility index (Phi) is 15.0. The van der Waals surface area contributed by atoms with E-state index in [2.05, 4.69) is 35.9 Å². The van der Waals surface area contributed by atoms with Crippen molar-refractivity contribution in [1.29, 1.82) is 0 Å². The molecule has 0 saturated carbocycles. The van der Waals surface area contributed by atoms with Gasteiger partial charge in [-0.3, -0.25) is 9.52 Å². The number of aromatic nitrogens is 4. The minimum Gasteiger partial charge on any atom is -0.487 e. The molecule has 0 unspecified atom stereocenters. The largest absolute Gasteiger partial charge is 0.487 e. The first-order chi connectivity index (χ1) is 29.9. The lowest BCUT2D eigenvalue weighted by Gasteiger charge is -2.15. The molecule has 3 aromatic heterocycles. The maximum absolute atomic E-state index is 15.1. The second kappa shape index (κ2) is 20.8. The first-order valence-electron chi connectivity index (χ1n) is 19.1. The molecule has 17 heteroatoms. The molecule has 0 saturated heterocycles. The normalized spacial score (nSPS) is 11.1. The van der Waals surface area contributed by atoms with E-state index in [0.717, 1.165) is 39.8 Å². The average Bonchev–Trinajstić information content (AvgIpc) is 3.69. The van der Waals surface area contributed by atoms with Gasteiger partial charge in [-0.15, -0.1) is 6.42 Å². The number of nitrogens with zero attached hydrogens (tertiary/aromatic N) is 3. The molecule has 0 spiro atoms. The van der Waals surface area contributed by atoms with E-state index in [1.54, 1.807) is 57.7 Å². The number of halogens is 3. The van der Waals surface area contributed by atoms with Crippen molar-refractivity contribution in [2.24, 2.45) is 0 Å². The highest BCUT2D eigenvalue weighted by Crippen LogP contribution is 2.35. The Morgan fingerprint density at radius 2 is 1.60 bits per heavy atom. The maximum atomic E-state index is 15.1. The number of H-pyrrole nitrogens is 1. The van der Waals surface area contributed by atoms with Crippen LogP contribution in [0.1, 0.15) is 34.8 Å². The Morgan fingerprint density at radius 3 is 2.29 bits per heavy atom. The van der Waals surface area contributed by atoms with Crippen molar-refractivity contribution in [3.8, 4) is 35.0 Å². The molecule has 0 fully saturated rings. The summed E-state index contributed by atoms with van der Waals surface area (Å²) >= 11 is 5.93. The van der Waals surface area contributed by atoms with Crippen LogP contribution in [-0.2, 0) is 19.5 Å². The number of anilines is 3. The molecule has 0 atom stereocenters. The van der Waals surface area contributed by atoms with E-state index in [9.17, 15) is 17.6 Å². The maximum Gasteiger partial charge on any atom is 0.232 e. The number of pyridine rings is 1. The zero-order valence-electron chi connectivity index (χ0n) is 33.8. The van der Waals surface area contributed by atoms with Gasteiger partial charge in [-0.25, -0.2) is 32.2 Å². The second-order valence-corrected chi connectivity index (χ2v) is 15.7. The van der Waals surface area contributed by atoms with Crippen LogP contribution in [0, 0.1) is 24.0 Å². The number of fused-ring (bicyclic) bond motifs is 2. The molecule has 7 rings (SSSR count). The average molecular weight is 883 g/mol. The number of aromatic amines is 1. The third-order valence-electron chi connectivity index (χ3n) is 9.09. The van der Waals surface area contributed by atoms with Crippen molar-refractivity contribution in [2.75, 3.05) is 56.4 Å². The summed E-state index contributed by atoms with van der Waals surface area (Å²) in [6, 6.07) is 21.7. The van der Waals surface area contributed by atoms with Gasteiger partial charge in [0.1, 0.15) is 36.8 Å². The predicted octanol–water partition coefficient (Wildman–Crippen LogP) is 8.95. The van der Waals surface area contributed by atoms with Gasteiger partial charge in [0.05, 0.1) is 35.7 Å². The number of hydrogen-bond donors (Lipinski definition) is 3. The molecule has 62 heavy (non-hydrogen) atoms. The minimum absolute atomic E-state index is 0.000297. The number of terminal acetylenes is 1. The van der Waals surface area contributed by atoms with E-state index >= 15 is 4.39 Å². The Hall–Kier alpha value is -6.64. The van der Waals surface area contributed by atoms with E-state index in [-0.39, 0.29) is 11.3 Å². The van der Waals surface area contributed by atoms with Crippen LogP contribution in [0.4, 0.5) is 26.0 Å². The Balaban J connectivity index is 0.000000209. The van der Waals surface area contributed by atoms with Gasteiger partial charge >= 0.3 is 0 Å². The standard InChI is InChI=1S/C23H18ClF2N3O3S.C22H23N3O4/c1-2-9-33(31,32)29-19-8-7-18(25)20(21(19)26)22(30)17-12-28-23-16(17)10-14(11-27-23)13-3-5-15(24)6-4-13;1-4-16-6-5-7-17(12-16)25-22-18-13-20(28-10-8-26-2)21(29-11-9-27-3)14-19(18)23-15-24-22/h3-8,10-12,29H,2,9H2,1H3,(H,27,28);1,5-7,12-15H,8-11H2,2-3H3,(H,23,24,25). The number of ether oxygens (including phenoxy) is 4. The molecule has 0 radical (unpaired) electrons. The van der Waals surface area contributed by atoms with Crippen molar-refractivity contribution in [3.05, 3.63) is 131 Å². The fourth-order valence-electron chi connectivity index (χ4n) is 6.14. The molecular formula is C45H41ClF2N6O7S. The van der Waals surface area contributed by atoms with E-state index < -0.39 is 38.7 Å². The smallest absolute Gasteiger partial charge is 0.232 e. The number of ketones is 1. The Morgan fingerprint density at radius 1 is 0.871 bits per heavy atom. The molecule has 0 aliphatic heterocycles. The van der Waals surface area contributed by atoms with Gasteiger partial charge in [0.2, 0.25) is 15.8 Å². The number of benzene rings is 4. The highest BCUT2D eigenvalue weighted by atomic mass is 35.5. The molecule has 13 nitrogen and oxygen atoms in total. The first kappa shape index (κ1) is 44.9. The Bertz CT molecular complexity index is 2850. The number of sulfonamides is 1. The number of methoxy groups -OCH3 is 2. The molecule has 0 bridgehead atoms. The molecule has 0 aliphatic rings. The fraction of sp³-hybridized carbons (Fsp3) is 0.200. The van der Waals surface area contributed by atoms with Crippen LogP contribution in [0.2, 0.25) is 5.02 Å². The van der Waals surface area contributed by atoms with Gasteiger partial charge < -0.3 is 29.2 Å². The van der Waals surface area contributed by atoms with Crippen LogP contribution in [0.3, 0.4) is 0 Å². The summed E-state index contributed by atoms with van der Waals surface area (Å²) in [5.74, 6) is 0.874. The van der Waals surface area contributed by atoms with E-state index in [0.29, 0.717) is 71.8 Å². The van der Waals surface area contributed by atoms with Crippen LogP contribution in [0.5, 0.6) is 11.5 Å². The van der Waals surface area contributed by atoms with E-state index in [1.165, 1.54) is 12.5 Å². The van der Waals surface area contributed by atoms with Crippen LogP contribution in [0.25, 0.3) is 33.1 Å². The highest BCUT2D eigenvalue weighted by molar-refractivity contribution is 7.92. The highest BCUT2D eigenvalue weighted by Gasteiger charge is 2.26. The number of nitrogens with one attached hydrogen (secondary N) is 3. The van der Waals surface area contributed by atoms with Crippen molar-refractivity contribution < 1.29 is 40.9 Å². The molecule has 0 amide bonds. The molecule has 3 N–H and O–H groups in total. The lowest BCUT2D eigenvalue weighted by atomic mass is 10.00. The molecule has 320 valence electrons. The van der Waals surface area contributed by atoms with Gasteiger partial charge in [0, 0.05) is 70.9 Å². The fourth-order valence-corrected chi connectivity index (χ4v) is 7.39. The zero-order valence-corrected chi connectivity index (χ0v) is 35.4. The lowest BCUT2D eigenvalue weighted by molar-refractivity contribution is 0.103. The van der Waals surface area contributed by atoms with Crippen LogP contribution in [0.15, 0.2) is 97.6 Å². The summed E-state index contributed by atoms with van der Waals surface area (Å²) in [6.45, 7) is 3.38. The van der Waals surface area contributed by atoms with Crippen LogP contribution < -0.4 is 19.5 Å². The number of carbonyl (C=O) groups excluding carboxylic acids is 1. The van der Waals surface area contributed by atoms with Crippen molar-refractivity contribution >= 4 is 66.5 Å². The second-order valence-electron chi connectivity index (χ2n) is 13.4. The Labute approximate surface area is 361 Å². The lowest BCUT2D eigenvalue weighted by Crippen LogP contribution is -2.18. The minimum atomic E-state index is -3.84. The summed E-state index contributed by atoms with van der Waals surface area (Å²) in [5, 5.41) is 5.02. The van der Waals surface area contributed by atoms with Crippen molar-refractivity contribution in [3.63, 3.8) is 0 Å².